The summed E-state index contributed by atoms with van der Waals surface area (Å²) in [6.07, 6.45) is 9.82. The number of rotatable bonds is 37. The van der Waals surface area contributed by atoms with Crippen molar-refractivity contribution in [3.8, 4) is 0 Å². The molecule has 1 saturated carbocycles. The van der Waals surface area contributed by atoms with Crippen LogP contribution >= 0.6 is 43.2 Å². The predicted molar refractivity (Wildman–Crippen MR) is 234 cm³/mol. The summed E-state index contributed by atoms with van der Waals surface area (Å²) in [5.41, 5.74) is 0. The van der Waals surface area contributed by atoms with Gasteiger partial charge in [0, 0.05) is 101 Å². The summed E-state index contributed by atoms with van der Waals surface area (Å²) >= 11 is 0. The molecule has 0 bridgehead atoms. The van der Waals surface area contributed by atoms with Crippen LogP contribution in [0.3, 0.4) is 0 Å². The normalized spacial score (nSPS) is 18.8. The highest BCUT2D eigenvalue weighted by atomic mass is 33.1. The van der Waals surface area contributed by atoms with Crippen LogP contribution in [0.15, 0.2) is 0 Å². The zero-order valence-electron chi connectivity index (χ0n) is 34.5. The van der Waals surface area contributed by atoms with Gasteiger partial charge in [0.25, 0.3) is 0 Å². The van der Waals surface area contributed by atoms with Crippen LogP contribution < -0.4 is 0 Å². The molecule has 9 nitrogen and oxygen atoms in total. The monoisotopic (exact) mass is 866 g/mol. The van der Waals surface area contributed by atoms with Gasteiger partial charge >= 0.3 is 26.4 Å². The van der Waals surface area contributed by atoms with Gasteiger partial charge in [0.2, 0.25) is 0 Å². The van der Waals surface area contributed by atoms with Crippen LogP contribution in [-0.2, 0) is 39.8 Å². The van der Waals surface area contributed by atoms with E-state index in [4.69, 9.17) is 39.8 Å². The average Bonchev–Trinajstić information content (AvgIpc) is 3.11. The average molecular weight is 868 g/mol. The Balaban J connectivity index is 2.67. The highest BCUT2D eigenvalue weighted by Crippen LogP contribution is 2.43. The Morgan fingerprint density at radius 1 is 0.385 bits per heavy atom. The maximum atomic E-state index is 6.28. The fourth-order valence-corrected chi connectivity index (χ4v) is 20.1. The second kappa shape index (κ2) is 32.6. The van der Waals surface area contributed by atoms with Gasteiger partial charge in [-0.05, 0) is 125 Å². The van der Waals surface area contributed by atoms with E-state index in [1.807, 2.05) is 84.7 Å². The Bertz CT molecular complexity index is 780. The molecule has 0 aromatic rings. The van der Waals surface area contributed by atoms with Gasteiger partial charge in [0.05, 0.1) is 0 Å². The fraction of sp³-hybridized carbons (Fsp3) is 1.00. The van der Waals surface area contributed by atoms with Gasteiger partial charge in [-0.15, -0.1) is 0 Å². The van der Waals surface area contributed by atoms with Crippen LogP contribution in [0.25, 0.3) is 0 Å². The molecule has 3 atom stereocenters. The molecule has 1 aliphatic carbocycles. The van der Waals surface area contributed by atoms with E-state index in [1.54, 1.807) is 0 Å². The van der Waals surface area contributed by atoms with Crippen molar-refractivity contribution < 1.29 is 39.8 Å². The summed E-state index contributed by atoms with van der Waals surface area (Å²) in [4.78, 5) is 0. The van der Waals surface area contributed by atoms with Gasteiger partial charge in [-0.3, -0.25) is 0 Å². The molecular weight excluding hydrogens is 789 g/mol. The van der Waals surface area contributed by atoms with Crippen molar-refractivity contribution in [3.63, 3.8) is 0 Å². The van der Waals surface area contributed by atoms with E-state index in [2.05, 4.69) is 20.8 Å². The van der Waals surface area contributed by atoms with Crippen LogP contribution in [0.2, 0.25) is 18.1 Å². The first-order valence-corrected chi connectivity index (χ1v) is 31.3. The zero-order valence-corrected chi connectivity index (χ0v) is 40.8. The van der Waals surface area contributed by atoms with Crippen molar-refractivity contribution in [2.45, 2.75) is 132 Å². The number of hydrogen-bond donors (Lipinski definition) is 0. The van der Waals surface area contributed by atoms with Crippen molar-refractivity contribution in [1.82, 2.24) is 0 Å². The molecule has 52 heavy (non-hydrogen) atoms. The van der Waals surface area contributed by atoms with E-state index in [0.29, 0.717) is 65.4 Å². The molecule has 312 valence electrons. The number of hydrogen-bond acceptors (Lipinski definition) is 13. The molecule has 0 aromatic carbocycles. The molecule has 0 heterocycles. The Morgan fingerprint density at radius 2 is 0.731 bits per heavy atom. The van der Waals surface area contributed by atoms with Crippen LogP contribution in [0.5, 0.6) is 0 Å². The molecule has 1 fully saturated rings. The molecule has 16 heteroatoms. The first kappa shape index (κ1) is 51.7. The van der Waals surface area contributed by atoms with Gasteiger partial charge in [-0.1, -0.05) is 49.6 Å². The maximum Gasteiger partial charge on any atom is 0.500 e. The lowest BCUT2D eigenvalue weighted by Gasteiger charge is -2.38. The first-order valence-electron chi connectivity index (χ1n) is 20.5. The van der Waals surface area contributed by atoms with E-state index >= 15 is 0 Å². The van der Waals surface area contributed by atoms with Gasteiger partial charge in [-0.2, -0.15) is 0 Å². The van der Waals surface area contributed by atoms with Crippen LogP contribution in [0, 0.1) is 17.8 Å². The second-order valence-electron chi connectivity index (χ2n) is 12.8. The van der Waals surface area contributed by atoms with E-state index < -0.39 is 26.4 Å². The third-order valence-corrected chi connectivity index (χ3v) is 23.6. The summed E-state index contributed by atoms with van der Waals surface area (Å²) in [5, 5.41) is 0. The Labute approximate surface area is 339 Å². The van der Waals surface area contributed by atoms with Gasteiger partial charge < -0.3 is 39.8 Å². The van der Waals surface area contributed by atoms with Crippen molar-refractivity contribution in [2.24, 2.45) is 17.8 Å². The van der Waals surface area contributed by atoms with Crippen molar-refractivity contribution in [2.75, 3.05) is 82.5 Å². The standard InChI is InChI=1S/C36H78O9S4Si3/c1-10-37-50(38-11-2,39-12-3)30-19-26-46-48-28-23-34-21-22-35(36(33-34)25-32-52(43-16-7,44-17-8)45-18-9)24-29-49-47-27-20-31-51(40-13-4,41-14-5)42-15-6/h34-36H,10-33H2,1-9H3. The molecular formula is C36H78O9S4Si3. The Morgan fingerprint density at radius 3 is 1.12 bits per heavy atom. The topological polar surface area (TPSA) is 83.1 Å². The largest absolute Gasteiger partial charge is 0.500 e. The first-order chi connectivity index (χ1) is 25.3. The third kappa shape index (κ3) is 21.4. The van der Waals surface area contributed by atoms with Crippen LogP contribution in [0.1, 0.15) is 114 Å². The van der Waals surface area contributed by atoms with Crippen LogP contribution in [-0.4, -0.2) is 109 Å². The van der Waals surface area contributed by atoms with Gasteiger partial charge in [0.15, 0.2) is 0 Å². The summed E-state index contributed by atoms with van der Waals surface area (Å²) in [6, 6.07) is 2.71. The minimum absolute atomic E-state index is 0.639. The molecule has 0 aliphatic heterocycles. The molecule has 0 radical (unpaired) electrons. The molecule has 0 saturated heterocycles. The zero-order chi connectivity index (χ0) is 38.4. The Hall–Kier alpha value is 1.69. The predicted octanol–water partition coefficient (Wildman–Crippen LogP) is 10.9. The molecule has 1 rings (SSSR count). The second-order valence-corrected chi connectivity index (χ2v) is 26.4. The summed E-state index contributed by atoms with van der Waals surface area (Å²) in [5.74, 6) is 6.83. The molecule has 1 aliphatic rings. The minimum Gasteiger partial charge on any atom is -0.374 e. The van der Waals surface area contributed by atoms with E-state index in [9.17, 15) is 0 Å². The van der Waals surface area contributed by atoms with Crippen LogP contribution in [0.4, 0.5) is 0 Å². The molecule has 3 unspecified atom stereocenters. The molecule has 0 amide bonds. The molecule has 0 spiro atoms. The quantitative estimate of drug-likeness (QED) is 0.0338. The molecule has 0 N–H and O–H groups in total. The lowest BCUT2D eigenvalue weighted by atomic mass is 9.71. The van der Waals surface area contributed by atoms with Gasteiger partial charge in [0.1, 0.15) is 0 Å². The van der Waals surface area contributed by atoms with Crippen molar-refractivity contribution >= 4 is 69.6 Å². The van der Waals surface area contributed by atoms with Crippen molar-refractivity contribution in [1.29, 1.82) is 0 Å². The summed E-state index contributed by atoms with van der Waals surface area (Å²) in [7, 11) is 0.327. The third-order valence-electron chi connectivity index (χ3n) is 9.12. The lowest BCUT2D eigenvalue weighted by Crippen LogP contribution is -2.46. The fourth-order valence-electron chi connectivity index (χ4n) is 7.13. The van der Waals surface area contributed by atoms with Crippen molar-refractivity contribution in [3.05, 3.63) is 0 Å². The Kier molecular flexibility index (Phi) is 32.4. The maximum absolute atomic E-state index is 6.28. The summed E-state index contributed by atoms with van der Waals surface area (Å²) in [6.45, 7) is 24.1. The van der Waals surface area contributed by atoms with E-state index in [-0.39, 0.29) is 0 Å². The minimum atomic E-state index is -2.66. The molecule has 0 aromatic heterocycles. The highest BCUT2D eigenvalue weighted by molar-refractivity contribution is 8.77. The van der Waals surface area contributed by atoms with E-state index in [1.165, 1.54) is 43.6 Å². The van der Waals surface area contributed by atoms with Gasteiger partial charge in [-0.25, -0.2) is 0 Å². The highest BCUT2D eigenvalue weighted by Gasteiger charge is 2.43. The lowest BCUT2D eigenvalue weighted by molar-refractivity contribution is 0.0658. The van der Waals surface area contributed by atoms with E-state index in [0.717, 1.165) is 60.7 Å². The smallest absolute Gasteiger partial charge is 0.374 e. The summed E-state index contributed by atoms with van der Waals surface area (Å²) < 4.78 is 55.1. The SMILES string of the molecule is CCO[Si](CCCSSCCC1CCC(CCSSCCC[Si](OCC)(OCC)OCC)C(CC[Si](OCC)(OCC)OCC)C1)(OCC)OCC.